The van der Waals surface area contributed by atoms with Crippen molar-refractivity contribution in [1.82, 2.24) is 5.32 Å². The summed E-state index contributed by atoms with van der Waals surface area (Å²) in [5, 5.41) is 24.5. The third-order valence-electron chi connectivity index (χ3n) is 6.03. The van der Waals surface area contributed by atoms with Gasteiger partial charge < -0.3 is 15.5 Å². The van der Waals surface area contributed by atoms with E-state index in [2.05, 4.69) is 5.32 Å². The van der Waals surface area contributed by atoms with E-state index in [0.29, 0.717) is 26.2 Å². The fraction of sp³-hybridized carbons (Fsp3) is 0.188. The van der Waals surface area contributed by atoms with Gasteiger partial charge in [0.25, 0.3) is 0 Å². The summed E-state index contributed by atoms with van der Waals surface area (Å²) in [5.41, 5.74) is 6.96. The van der Waals surface area contributed by atoms with Crippen molar-refractivity contribution in [2.75, 3.05) is 26.2 Å². The normalized spacial score (nSPS) is 12.1. The number of nitrogens with zero attached hydrogens (tertiary/aromatic N) is 2. The second-order valence-corrected chi connectivity index (χ2v) is 8.98. The predicted molar refractivity (Wildman–Crippen MR) is 152 cm³/mol. The first-order valence-corrected chi connectivity index (χ1v) is 12.5. The van der Waals surface area contributed by atoms with Crippen LogP contribution in [0.5, 0.6) is 11.5 Å². The fourth-order valence-electron chi connectivity index (χ4n) is 4.16. The van der Waals surface area contributed by atoms with Gasteiger partial charge >= 0.3 is 0 Å². The Kier molecular flexibility index (Phi) is 8.84. The van der Waals surface area contributed by atoms with Crippen LogP contribution in [0.25, 0.3) is 0 Å². The number of aromatic hydroxyl groups is 2. The summed E-state index contributed by atoms with van der Waals surface area (Å²) >= 11 is 0. The first-order chi connectivity index (χ1) is 18.0. The molecule has 5 heteroatoms. The van der Waals surface area contributed by atoms with Crippen LogP contribution in [0.1, 0.15) is 33.4 Å². The van der Waals surface area contributed by atoms with Gasteiger partial charge in [0.1, 0.15) is 11.5 Å². The van der Waals surface area contributed by atoms with Gasteiger partial charge in [0.2, 0.25) is 0 Å². The van der Waals surface area contributed by atoms with E-state index in [1.165, 1.54) is 0 Å². The van der Waals surface area contributed by atoms with Gasteiger partial charge in [-0.2, -0.15) is 0 Å². The highest BCUT2D eigenvalue weighted by molar-refractivity contribution is 6.15. The zero-order valence-electron chi connectivity index (χ0n) is 21.4. The molecule has 4 aromatic rings. The number of hydrogen-bond donors (Lipinski definition) is 3. The molecule has 37 heavy (non-hydrogen) atoms. The summed E-state index contributed by atoms with van der Waals surface area (Å²) in [6, 6.07) is 31.2. The Morgan fingerprint density at radius 2 is 1.00 bits per heavy atom. The topological polar surface area (TPSA) is 77.2 Å². The average Bonchev–Trinajstić information content (AvgIpc) is 2.90. The van der Waals surface area contributed by atoms with Crippen molar-refractivity contribution in [3.8, 4) is 11.5 Å². The third-order valence-corrected chi connectivity index (χ3v) is 6.03. The molecule has 5 nitrogen and oxygen atoms in total. The quantitative estimate of drug-likeness (QED) is 0.197. The van der Waals surface area contributed by atoms with Gasteiger partial charge in [0.05, 0.1) is 24.5 Å². The summed E-state index contributed by atoms with van der Waals surface area (Å²) in [7, 11) is 0. The van der Waals surface area contributed by atoms with Crippen LogP contribution < -0.4 is 5.32 Å². The number of phenols is 2. The van der Waals surface area contributed by atoms with Crippen molar-refractivity contribution in [3.05, 3.63) is 130 Å². The van der Waals surface area contributed by atoms with Gasteiger partial charge in [-0.25, -0.2) is 0 Å². The van der Waals surface area contributed by atoms with Crippen molar-refractivity contribution in [2.24, 2.45) is 9.98 Å². The Morgan fingerprint density at radius 3 is 1.38 bits per heavy atom. The van der Waals surface area contributed by atoms with Crippen LogP contribution in [-0.4, -0.2) is 47.8 Å². The minimum atomic E-state index is 0.234. The van der Waals surface area contributed by atoms with Gasteiger partial charge in [-0.05, 0) is 49.2 Å². The van der Waals surface area contributed by atoms with Crippen LogP contribution >= 0.6 is 0 Å². The molecule has 0 atom stereocenters. The Hall–Kier alpha value is -4.22. The molecule has 0 bridgehead atoms. The van der Waals surface area contributed by atoms with Crippen LogP contribution in [0.2, 0.25) is 0 Å². The molecule has 0 aliphatic heterocycles. The molecule has 188 valence electrons. The van der Waals surface area contributed by atoms with E-state index >= 15 is 0 Å². The first kappa shape index (κ1) is 25.9. The van der Waals surface area contributed by atoms with E-state index in [1.54, 1.807) is 12.1 Å². The SMILES string of the molecule is Cc1ccc(C(=NCCNCCN=C(c2ccccc2)c2ccc(C)cc2O)c2ccccc2)c(O)c1. The molecule has 0 aliphatic rings. The maximum absolute atomic E-state index is 10.5. The number of hydrogen-bond acceptors (Lipinski definition) is 5. The molecule has 0 radical (unpaired) electrons. The Morgan fingerprint density at radius 1 is 0.595 bits per heavy atom. The second kappa shape index (κ2) is 12.7. The minimum Gasteiger partial charge on any atom is -0.507 e. The van der Waals surface area contributed by atoms with Crippen LogP contribution in [0.15, 0.2) is 107 Å². The minimum absolute atomic E-state index is 0.234. The van der Waals surface area contributed by atoms with Gasteiger partial charge in [-0.3, -0.25) is 9.98 Å². The van der Waals surface area contributed by atoms with Crippen molar-refractivity contribution in [2.45, 2.75) is 13.8 Å². The average molecular weight is 492 g/mol. The van der Waals surface area contributed by atoms with Crippen LogP contribution in [0.4, 0.5) is 0 Å². The molecular weight excluding hydrogens is 458 g/mol. The second-order valence-electron chi connectivity index (χ2n) is 8.98. The number of aryl methyl sites for hydroxylation is 2. The van der Waals surface area contributed by atoms with Crippen LogP contribution in [0, 0.1) is 13.8 Å². The molecule has 3 N–H and O–H groups in total. The highest BCUT2D eigenvalue weighted by atomic mass is 16.3. The van der Waals surface area contributed by atoms with E-state index in [9.17, 15) is 10.2 Å². The highest BCUT2D eigenvalue weighted by Crippen LogP contribution is 2.24. The summed E-state index contributed by atoms with van der Waals surface area (Å²) < 4.78 is 0. The lowest BCUT2D eigenvalue weighted by atomic mass is 10.00. The van der Waals surface area contributed by atoms with Gasteiger partial charge in [0.15, 0.2) is 0 Å². The summed E-state index contributed by atoms with van der Waals surface area (Å²) in [5.74, 6) is 0.468. The summed E-state index contributed by atoms with van der Waals surface area (Å²) in [4.78, 5) is 9.66. The number of nitrogens with one attached hydrogen (secondary N) is 1. The number of rotatable bonds is 10. The lowest BCUT2D eigenvalue weighted by Gasteiger charge is -2.11. The Balaban J connectivity index is 1.42. The molecule has 0 spiro atoms. The maximum atomic E-state index is 10.5. The lowest BCUT2D eigenvalue weighted by Crippen LogP contribution is -2.22. The van der Waals surface area contributed by atoms with E-state index in [-0.39, 0.29) is 11.5 Å². The molecule has 0 amide bonds. The number of benzene rings is 4. The molecule has 0 saturated carbocycles. The largest absolute Gasteiger partial charge is 0.507 e. The van der Waals surface area contributed by atoms with Crippen molar-refractivity contribution >= 4 is 11.4 Å². The van der Waals surface area contributed by atoms with Gasteiger partial charge in [-0.1, -0.05) is 72.8 Å². The molecular formula is C32H33N3O2. The molecule has 0 unspecified atom stereocenters. The summed E-state index contributed by atoms with van der Waals surface area (Å²) in [6.45, 7) is 6.39. The number of phenolic OH excluding ortho intramolecular Hbond substituents is 2. The fourth-order valence-corrected chi connectivity index (χ4v) is 4.16. The molecule has 4 aromatic carbocycles. The van der Waals surface area contributed by atoms with E-state index in [1.807, 2.05) is 98.8 Å². The Labute approximate surface area is 218 Å². The van der Waals surface area contributed by atoms with Crippen LogP contribution in [0.3, 0.4) is 0 Å². The maximum Gasteiger partial charge on any atom is 0.125 e. The lowest BCUT2D eigenvalue weighted by molar-refractivity contribution is 0.473. The highest BCUT2D eigenvalue weighted by Gasteiger charge is 2.12. The Bertz CT molecular complexity index is 1270. The number of aliphatic imine (C=N–C) groups is 2. The monoisotopic (exact) mass is 491 g/mol. The van der Waals surface area contributed by atoms with E-state index in [0.717, 1.165) is 44.8 Å². The molecule has 0 fully saturated rings. The third kappa shape index (κ3) is 6.93. The summed E-state index contributed by atoms with van der Waals surface area (Å²) in [6.07, 6.45) is 0. The van der Waals surface area contributed by atoms with Crippen molar-refractivity contribution in [3.63, 3.8) is 0 Å². The standard InChI is InChI=1S/C32H33N3O2/c1-23-13-15-27(29(36)21-23)31(25-9-5-3-6-10-25)34-19-17-33-18-20-35-32(26-11-7-4-8-12-26)28-16-14-24(2)22-30(28)37/h3-16,21-22,33,36-37H,17-20H2,1-2H3. The van der Waals surface area contributed by atoms with Gasteiger partial charge in [0, 0.05) is 35.3 Å². The molecule has 4 rings (SSSR count). The van der Waals surface area contributed by atoms with E-state index in [4.69, 9.17) is 9.98 Å². The predicted octanol–water partition coefficient (Wildman–Crippen LogP) is 5.68. The molecule has 0 heterocycles. The van der Waals surface area contributed by atoms with E-state index < -0.39 is 0 Å². The van der Waals surface area contributed by atoms with Crippen molar-refractivity contribution in [1.29, 1.82) is 0 Å². The van der Waals surface area contributed by atoms with Crippen LogP contribution in [-0.2, 0) is 0 Å². The van der Waals surface area contributed by atoms with Crippen molar-refractivity contribution < 1.29 is 10.2 Å². The molecule has 0 aromatic heterocycles. The van der Waals surface area contributed by atoms with Gasteiger partial charge in [-0.15, -0.1) is 0 Å². The smallest absolute Gasteiger partial charge is 0.125 e. The molecule has 0 saturated heterocycles. The zero-order chi connectivity index (χ0) is 26.0. The zero-order valence-corrected chi connectivity index (χ0v) is 21.4. The first-order valence-electron chi connectivity index (χ1n) is 12.5. The molecule has 0 aliphatic carbocycles.